The summed E-state index contributed by atoms with van der Waals surface area (Å²) in [6, 6.07) is 8.36. The molecule has 18 heavy (non-hydrogen) atoms. The van der Waals surface area contributed by atoms with Crippen LogP contribution in [0.4, 0.5) is 0 Å². The lowest BCUT2D eigenvalue weighted by Gasteiger charge is -1.96. The first-order valence-electron chi connectivity index (χ1n) is 6.22. The van der Waals surface area contributed by atoms with E-state index in [-0.39, 0.29) is 0 Å². The van der Waals surface area contributed by atoms with Crippen LogP contribution in [0.15, 0.2) is 34.9 Å². The van der Waals surface area contributed by atoms with E-state index in [9.17, 15) is 0 Å². The summed E-state index contributed by atoms with van der Waals surface area (Å²) in [4.78, 5) is 7.70. The molecule has 0 fully saturated rings. The molecule has 0 radical (unpaired) electrons. The van der Waals surface area contributed by atoms with Crippen LogP contribution in [0.2, 0.25) is 0 Å². The van der Waals surface area contributed by atoms with E-state index in [0.29, 0.717) is 0 Å². The zero-order valence-corrected chi connectivity index (χ0v) is 10.7. The Balaban J connectivity index is 1.81. The van der Waals surface area contributed by atoms with Crippen LogP contribution in [-0.2, 0) is 12.8 Å². The topological polar surface area (TPSA) is 41.8 Å². The third-order valence-corrected chi connectivity index (χ3v) is 3.36. The fraction of sp³-hybridized carbons (Fsp3) is 0.267. The lowest BCUT2D eigenvalue weighted by Crippen LogP contribution is -1.90. The summed E-state index contributed by atoms with van der Waals surface area (Å²) >= 11 is 0. The average Bonchev–Trinajstić information content (AvgIpc) is 2.92. The molecule has 3 heteroatoms. The van der Waals surface area contributed by atoms with Crippen molar-refractivity contribution in [3.8, 4) is 0 Å². The zero-order chi connectivity index (χ0) is 12.5. The van der Waals surface area contributed by atoms with E-state index in [1.807, 2.05) is 19.9 Å². The van der Waals surface area contributed by atoms with Crippen molar-refractivity contribution in [3.63, 3.8) is 0 Å². The lowest BCUT2D eigenvalue weighted by molar-refractivity contribution is 0.470. The molecular weight excluding hydrogens is 224 g/mol. The number of para-hydroxylation sites is 1. The monoisotopic (exact) mass is 240 g/mol. The molecule has 0 saturated heterocycles. The number of aromatic amines is 1. The minimum absolute atomic E-state index is 0.829. The van der Waals surface area contributed by atoms with Crippen molar-refractivity contribution in [2.45, 2.75) is 26.7 Å². The average molecular weight is 240 g/mol. The molecule has 0 atom stereocenters. The molecule has 3 rings (SSSR count). The van der Waals surface area contributed by atoms with Crippen molar-refractivity contribution in [1.82, 2.24) is 9.97 Å². The molecule has 2 heterocycles. The highest BCUT2D eigenvalue weighted by molar-refractivity contribution is 5.83. The SMILES string of the molecule is Cc1nc(CCc2c[nH]c3ccccc23)oc1C. The number of H-pyrrole nitrogens is 1. The molecule has 0 spiro atoms. The molecule has 0 amide bonds. The van der Waals surface area contributed by atoms with Gasteiger partial charge in [0.1, 0.15) is 5.76 Å². The Morgan fingerprint density at radius 1 is 1.17 bits per heavy atom. The third-order valence-electron chi connectivity index (χ3n) is 3.36. The normalized spacial score (nSPS) is 11.2. The molecule has 0 bridgehead atoms. The van der Waals surface area contributed by atoms with Crippen LogP contribution < -0.4 is 0 Å². The first-order chi connectivity index (χ1) is 8.74. The fourth-order valence-electron chi connectivity index (χ4n) is 2.23. The van der Waals surface area contributed by atoms with Crippen molar-refractivity contribution < 1.29 is 4.42 Å². The van der Waals surface area contributed by atoms with Gasteiger partial charge in [0.2, 0.25) is 0 Å². The maximum absolute atomic E-state index is 5.60. The number of aryl methyl sites for hydroxylation is 4. The summed E-state index contributed by atoms with van der Waals surface area (Å²) in [5.41, 5.74) is 3.50. The molecular formula is C15H16N2O. The van der Waals surface area contributed by atoms with Crippen LogP contribution in [0.3, 0.4) is 0 Å². The Hall–Kier alpha value is -2.03. The largest absolute Gasteiger partial charge is 0.446 e. The van der Waals surface area contributed by atoms with Gasteiger partial charge in [-0.15, -0.1) is 0 Å². The van der Waals surface area contributed by atoms with Crippen molar-refractivity contribution in [1.29, 1.82) is 0 Å². The highest BCUT2D eigenvalue weighted by Gasteiger charge is 2.08. The van der Waals surface area contributed by atoms with E-state index in [1.54, 1.807) is 0 Å². The molecule has 1 N–H and O–H groups in total. The molecule has 2 aromatic heterocycles. The molecule has 1 aromatic carbocycles. The minimum atomic E-state index is 0.829. The van der Waals surface area contributed by atoms with Crippen LogP contribution in [0.1, 0.15) is 22.9 Å². The van der Waals surface area contributed by atoms with Crippen LogP contribution in [0.25, 0.3) is 10.9 Å². The number of nitrogens with one attached hydrogen (secondary N) is 1. The predicted molar refractivity (Wildman–Crippen MR) is 71.7 cm³/mol. The van der Waals surface area contributed by atoms with E-state index in [1.165, 1.54) is 16.5 Å². The Kier molecular flexibility index (Phi) is 2.67. The second-order valence-corrected chi connectivity index (χ2v) is 4.61. The maximum Gasteiger partial charge on any atom is 0.194 e. The smallest absolute Gasteiger partial charge is 0.194 e. The lowest BCUT2D eigenvalue weighted by atomic mass is 10.1. The Bertz CT molecular complexity index is 659. The van der Waals surface area contributed by atoms with E-state index < -0.39 is 0 Å². The molecule has 3 aromatic rings. The molecule has 0 aliphatic heterocycles. The van der Waals surface area contributed by atoms with Crippen molar-refractivity contribution in [2.24, 2.45) is 0 Å². The standard InChI is InChI=1S/C15H16N2O/c1-10-11(2)18-15(17-10)8-7-12-9-16-14-6-4-3-5-13(12)14/h3-6,9,16H,7-8H2,1-2H3. The van der Waals surface area contributed by atoms with Gasteiger partial charge in [0.25, 0.3) is 0 Å². The van der Waals surface area contributed by atoms with E-state index in [2.05, 4.69) is 34.4 Å². The summed E-state index contributed by atoms with van der Waals surface area (Å²) in [5.74, 6) is 1.75. The van der Waals surface area contributed by atoms with E-state index >= 15 is 0 Å². The van der Waals surface area contributed by atoms with Crippen LogP contribution in [0, 0.1) is 13.8 Å². The second-order valence-electron chi connectivity index (χ2n) is 4.61. The Morgan fingerprint density at radius 3 is 2.78 bits per heavy atom. The van der Waals surface area contributed by atoms with Gasteiger partial charge < -0.3 is 9.40 Å². The number of fused-ring (bicyclic) bond motifs is 1. The summed E-state index contributed by atoms with van der Waals surface area (Å²) in [5, 5.41) is 1.29. The zero-order valence-electron chi connectivity index (χ0n) is 10.7. The van der Waals surface area contributed by atoms with Gasteiger partial charge in [0, 0.05) is 23.5 Å². The van der Waals surface area contributed by atoms with Gasteiger partial charge in [-0.05, 0) is 31.9 Å². The molecule has 0 aliphatic carbocycles. The van der Waals surface area contributed by atoms with E-state index in [0.717, 1.165) is 30.2 Å². The number of hydrogen-bond acceptors (Lipinski definition) is 2. The number of rotatable bonds is 3. The van der Waals surface area contributed by atoms with E-state index in [4.69, 9.17) is 4.42 Å². The Labute approximate surface area is 106 Å². The van der Waals surface area contributed by atoms with Gasteiger partial charge in [-0.1, -0.05) is 18.2 Å². The molecule has 0 saturated carbocycles. The number of hydrogen-bond donors (Lipinski definition) is 1. The second kappa shape index (κ2) is 4.33. The van der Waals surface area contributed by atoms with Gasteiger partial charge in [0.15, 0.2) is 5.89 Å². The van der Waals surface area contributed by atoms with Gasteiger partial charge in [-0.2, -0.15) is 0 Å². The number of aromatic nitrogens is 2. The molecule has 92 valence electrons. The van der Waals surface area contributed by atoms with Crippen LogP contribution in [-0.4, -0.2) is 9.97 Å². The fourth-order valence-corrected chi connectivity index (χ4v) is 2.23. The number of nitrogens with zero attached hydrogens (tertiary/aromatic N) is 1. The minimum Gasteiger partial charge on any atom is -0.446 e. The van der Waals surface area contributed by atoms with Crippen molar-refractivity contribution >= 4 is 10.9 Å². The van der Waals surface area contributed by atoms with Crippen LogP contribution in [0.5, 0.6) is 0 Å². The quantitative estimate of drug-likeness (QED) is 0.760. The Morgan fingerprint density at radius 2 is 2.00 bits per heavy atom. The summed E-state index contributed by atoms with van der Waals surface area (Å²) in [7, 11) is 0. The molecule has 3 nitrogen and oxygen atoms in total. The third kappa shape index (κ3) is 1.92. The number of oxazole rings is 1. The van der Waals surface area contributed by atoms with Crippen molar-refractivity contribution in [3.05, 3.63) is 53.4 Å². The van der Waals surface area contributed by atoms with Crippen LogP contribution >= 0.6 is 0 Å². The first-order valence-corrected chi connectivity index (χ1v) is 6.22. The predicted octanol–water partition coefficient (Wildman–Crippen LogP) is 3.56. The first kappa shape index (κ1) is 11.1. The highest BCUT2D eigenvalue weighted by Crippen LogP contribution is 2.19. The number of benzene rings is 1. The van der Waals surface area contributed by atoms with Crippen molar-refractivity contribution in [2.75, 3.05) is 0 Å². The van der Waals surface area contributed by atoms with Gasteiger partial charge >= 0.3 is 0 Å². The van der Waals surface area contributed by atoms with Gasteiger partial charge in [-0.25, -0.2) is 4.98 Å². The molecule has 0 unspecified atom stereocenters. The van der Waals surface area contributed by atoms with Gasteiger partial charge in [0.05, 0.1) is 5.69 Å². The molecule has 0 aliphatic rings. The summed E-state index contributed by atoms with van der Waals surface area (Å²) in [6.45, 7) is 3.94. The maximum atomic E-state index is 5.60. The summed E-state index contributed by atoms with van der Waals surface area (Å²) in [6.07, 6.45) is 3.87. The highest BCUT2D eigenvalue weighted by atomic mass is 16.4. The van der Waals surface area contributed by atoms with Gasteiger partial charge in [-0.3, -0.25) is 0 Å². The summed E-state index contributed by atoms with van der Waals surface area (Å²) < 4.78 is 5.60.